The average molecular weight is 461 g/mol. The van der Waals surface area contributed by atoms with Gasteiger partial charge < -0.3 is 15.0 Å². The molecule has 33 heavy (non-hydrogen) atoms. The number of urea groups is 1. The number of amides is 2. The molecule has 3 rings (SSSR count). The van der Waals surface area contributed by atoms with Gasteiger partial charge in [-0.2, -0.15) is 8.78 Å². The highest BCUT2D eigenvalue weighted by Gasteiger charge is 2.20. The van der Waals surface area contributed by atoms with E-state index in [2.05, 4.69) is 15.0 Å². The van der Waals surface area contributed by atoms with Crippen LogP contribution in [0.25, 0.3) is 0 Å². The molecule has 0 atom stereocenters. The van der Waals surface area contributed by atoms with Crippen molar-refractivity contribution in [2.24, 2.45) is 0 Å². The molecule has 10 heteroatoms. The Morgan fingerprint density at radius 1 is 1.12 bits per heavy atom. The molecule has 176 valence electrons. The number of hydrogen-bond acceptors (Lipinski definition) is 5. The fraction of sp³-hybridized carbons (Fsp3) is 0.348. The van der Waals surface area contributed by atoms with Crippen LogP contribution in [0.1, 0.15) is 24.0 Å². The lowest BCUT2D eigenvalue weighted by molar-refractivity contribution is 0.197. The summed E-state index contributed by atoms with van der Waals surface area (Å²) in [5.41, 5.74) is 0.665. The van der Waals surface area contributed by atoms with Crippen LogP contribution in [0, 0.1) is 16.6 Å². The maximum Gasteiger partial charge on any atom is 0.322 e. The molecule has 2 amide bonds. The van der Waals surface area contributed by atoms with Gasteiger partial charge in [0.05, 0.1) is 6.54 Å². The monoisotopic (exact) mass is 461 g/mol. The quantitative estimate of drug-likeness (QED) is 0.406. The fourth-order valence-corrected chi connectivity index (χ4v) is 3.51. The molecule has 0 aromatic heterocycles. The summed E-state index contributed by atoms with van der Waals surface area (Å²) >= 11 is 0. The first kappa shape index (κ1) is 24.2. The molecule has 1 aliphatic heterocycles. The van der Waals surface area contributed by atoms with Gasteiger partial charge in [-0.1, -0.05) is 24.3 Å². The van der Waals surface area contributed by atoms with E-state index in [1.165, 1.54) is 17.0 Å². The number of likely N-dealkylation sites (tertiary alicyclic amines) is 1. The number of para-hydroxylation sites is 1. The average Bonchev–Trinajstić information content (AvgIpc) is 3.32. The topological polar surface area (TPSA) is 92.5 Å². The van der Waals surface area contributed by atoms with Gasteiger partial charge in [0, 0.05) is 29.9 Å². The van der Waals surface area contributed by atoms with Gasteiger partial charge in [-0.3, -0.25) is 15.7 Å². The van der Waals surface area contributed by atoms with Gasteiger partial charge in [-0.15, -0.1) is 0 Å². The lowest BCUT2D eigenvalue weighted by Crippen LogP contribution is -2.42. The summed E-state index contributed by atoms with van der Waals surface area (Å²) in [6, 6.07) is 12.1. The van der Waals surface area contributed by atoms with E-state index in [1.807, 2.05) is 6.07 Å². The number of rotatable bonds is 8. The predicted octanol–water partition coefficient (Wildman–Crippen LogP) is 4.22. The maximum atomic E-state index is 14.8. The summed E-state index contributed by atoms with van der Waals surface area (Å²) in [6.07, 6.45) is -0.853. The minimum absolute atomic E-state index is 0.0767. The number of halogens is 3. The maximum absolute atomic E-state index is 14.8. The van der Waals surface area contributed by atoms with Crippen molar-refractivity contribution in [3.05, 3.63) is 65.5 Å². The van der Waals surface area contributed by atoms with Crippen molar-refractivity contribution in [3.8, 4) is 0 Å². The standard InChI is InChI=1S/C23H26F3N5O2/c24-19-14-16(21(27)33-22(28)20(25)26)8-9-17(19)15-31(18-6-2-1-3-7-18)23(32)29-10-13-30-11-4-5-12-30/h1-3,6-9,14,20,27-28H,4-5,10-13,15H2,(H,29,32). The molecule has 0 saturated carbocycles. The molecule has 1 fully saturated rings. The van der Waals surface area contributed by atoms with E-state index in [9.17, 15) is 18.0 Å². The molecule has 3 N–H and O–H groups in total. The number of alkyl halides is 2. The van der Waals surface area contributed by atoms with E-state index in [4.69, 9.17) is 10.8 Å². The van der Waals surface area contributed by atoms with Crippen LogP contribution in [0.2, 0.25) is 0 Å². The minimum Gasteiger partial charge on any atom is -0.419 e. The molecular formula is C23H26F3N5O2. The zero-order valence-electron chi connectivity index (χ0n) is 18.0. The molecule has 1 saturated heterocycles. The summed E-state index contributed by atoms with van der Waals surface area (Å²) < 4.78 is 44.1. The first-order valence-corrected chi connectivity index (χ1v) is 10.6. The third-order valence-electron chi connectivity index (χ3n) is 5.27. The normalized spacial score (nSPS) is 13.7. The minimum atomic E-state index is -3.17. The molecule has 0 radical (unpaired) electrons. The largest absolute Gasteiger partial charge is 0.419 e. The lowest BCUT2D eigenvalue weighted by atomic mass is 10.1. The van der Waals surface area contributed by atoms with Gasteiger partial charge in [0.25, 0.3) is 5.90 Å². The molecule has 1 aliphatic rings. The van der Waals surface area contributed by atoms with Gasteiger partial charge >= 0.3 is 12.5 Å². The zero-order valence-corrected chi connectivity index (χ0v) is 18.0. The Hall–Kier alpha value is -3.40. The van der Waals surface area contributed by atoms with E-state index in [0.717, 1.165) is 38.5 Å². The number of carbonyl (C=O) groups is 1. The van der Waals surface area contributed by atoms with Gasteiger partial charge in [-0.05, 0) is 50.2 Å². The number of anilines is 1. The highest BCUT2D eigenvalue weighted by Crippen LogP contribution is 2.20. The van der Waals surface area contributed by atoms with Crippen molar-refractivity contribution in [2.45, 2.75) is 25.8 Å². The second-order valence-corrected chi connectivity index (χ2v) is 7.60. The highest BCUT2D eigenvalue weighted by molar-refractivity contribution is 6.00. The van der Waals surface area contributed by atoms with Crippen LogP contribution in [0.4, 0.5) is 23.7 Å². The Morgan fingerprint density at radius 3 is 2.45 bits per heavy atom. The van der Waals surface area contributed by atoms with Gasteiger partial charge in [0.2, 0.25) is 5.90 Å². The molecule has 0 unspecified atom stereocenters. The van der Waals surface area contributed by atoms with E-state index >= 15 is 0 Å². The molecule has 2 aromatic carbocycles. The van der Waals surface area contributed by atoms with Crippen LogP contribution in [-0.2, 0) is 11.3 Å². The Balaban J connectivity index is 1.70. The van der Waals surface area contributed by atoms with Gasteiger partial charge in [0.15, 0.2) is 0 Å². The van der Waals surface area contributed by atoms with Crippen LogP contribution >= 0.6 is 0 Å². The van der Waals surface area contributed by atoms with E-state index in [-0.39, 0.29) is 23.7 Å². The number of nitrogens with zero attached hydrogens (tertiary/aromatic N) is 2. The molecular weight excluding hydrogens is 435 g/mol. The highest BCUT2D eigenvalue weighted by atomic mass is 19.3. The molecule has 1 heterocycles. The predicted molar refractivity (Wildman–Crippen MR) is 120 cm³/mol. The first-order chi connectivity index (χ1) is 15.8. The lowest BCUT2D eigenvalue weighted by Gasteiger charge is -2.24. The zero-order chi connectivity index (χ0) is 23.8. The van der Waals surface area contributed by atoms with Crippen LogP contribution in [0.3, 0.4) is 0 Å². The number of benzene rings is 2. The van der Waals surface area contributed by atoms with Crippen LogP contribution in [0.5, 0.6) is 0 Å². The Kier molecular flexibility index (Phi) is 8.42. The summed E-state index contributed by atoms with van der Waals surface area (Å²) in [5.74, 6) is -2.87. The van der Waals surface area contributed by atoms with Crippen molar-refractivity contribution >= 4 is 23.5 Å². The summed E-state index contributed by atoms with van der Waals surface area (Å²) in [4.78, 5) is 16.6. The van der Waals surface area contributed by atoms with Crippen LogP contribution in [0.15, 0.2) is 48.5 Å². The second kappa shape index (κ2) is 11.5. The van der Waals surface area contributed by atoms with Crippen LogP contribution < -0.4 is 10.2 Å². The van der Waals surface area contributed by atoms with Crippen molar-refractivity contribution in [1.82, 2.24) is 10.2 Å². The van der Waals surface area contributed by atoms with E-state index in [0.29, 0.717) is 12.2 Å². The van der Waals surface area contributed by atoms with Gasteiger partial charge in [0.1, 0.15) is 5.82 Å². The summed E-state index contributed by atoms with van der Waals surface area (Å²) in [6.45, 7) is 3.17. The van der Waals surface area contributed by atoms with Crippen molar-refractivity contribution in [2.75, 3.05) is 31.1 Å². The molecule has 2 aromatic rings. The van der Waals surface area contributed by atoms with Gasteiger partial charge in [-0.25, -0.2) is 9.18 Å². The smallest absolute Gasteiger partial charge is 0.322 e. The second-order valence-electron chi connectivity index (χ2n) is 7.60. The number of nitrogens with one attached hydrogen (secondary N) is 3. The Labute approximate surface area is 190 Å². The van der Waals surface area contributed by atoms with E-state index in [1.54, 1.807) is 24.3 Å². The molecule has 7 nitrogen and oxygen atoms in total. The molecule has 0 aliphatic carbocycles. The number of carbonyl (C=O) groups excluding carboxylic acids is 1. The van der Waals surface area contributed by atoms with E-state index < -0.39 is 24.0 Å². The third kappa shape index (κ3) is 6.79. The van der Waals surface area contributed by atoms with Crippen molar-refractivity contribution in [1.29, 1.82) is 10.8 Å². The number of hydrogen-bond donors (Lipinski definition) is 3. The summed E-state index contributed by atoms with van der Waals surface area (Å²) in [5, 5.41) is 17.6. The fourth-order valence-electron chi connectivity index (χ4n) is 3.51. The summed E-state index contributed by atoms with van der Waals surface area (Å²) in [7, 11) is 0. The Bertz CT molecular complexity index is 981. The SMILES string of the molecule is N=C(OC(=N)C(F)F)c1ccc(CN(C(=O)NCCN2CCCC2)c2ccccc2)c(F)c1. The number of ether oxygens (including phenoxy) is 1. The van der Waals surface area contributed by atoms with Crippen molar-refractivity contribution in [3.63, 3.8) is 0 Å². The van der Waals surface area contributed by atoms with Crippen LogP contribution in [-0.4, -0.2) is 55.3 Å². The van der Waals surface area contributed by atoms with Crippen molar-refractivity contribution < 1.29 is 22.7 Å². The third-order valence-corrected chi connectivity index (χ3v) is 5.27. The Morgan fingerprint density at radius 2 is 1.82 bits per heavy atom. The first-order valence-electron chi connectivity index (χ1n) is 10.6. The molecule has 0 spiro atoms. The molecule has 0 bridgehead atoms.